The van der Waals surface area contributed by atoms with E-state index in [4.69, 9.17) is 10.5 Å². The lowest BCUT2D eigenvalue weighted by molar-refractivity contribution is -0.133. The van der Waals surface area contributed by atoms with Crippen molar-refractivity contribution in [2.45, 2.75) is 43.7 Å². The molecule has 228 valence electrons. The lowest BCUT2D eigenvalue weighted by Gasteiger charge is -2.31. The molecule has 3 aromatic rings. The summed E-state index contributed by atoms with van der Waals surface area (Å²) in [4.78, 5) is 39.3. The van der Waals surface area contributed by atoms with E-state index in [2.05, 4.69) is 10.6 Å². The second-order valence-electron chi connectivity index (χ2n) is 10.2. The number of benzene rings is 3. The van der Waals surface area contributed by atoms with Gasteiger partial charge in [0.2, 0.25) is 17.7 Å². The molecule has 10 nitrogen and oxygen atoms in total. The van der Waals surface area contributed by atoms with Gasteiger partial charge in [-0.3, -0.25) is 14.4 Å². The number of sulfone groups is 1. The van der Waals surface area contributed by atoms with Crippen molar-refractivity contribution in [1.29, 1.82) is 0 Å². The highest BCUT2D eigenvalue weighted by Gasteiger charge is 2.37. The van der Waals surface area contributed by atoms with E-state index >= 15 is 0 Å². The van der Waals surface area contributed by atoms with Crippen LogP contribution in [-0.4, -0.2) is 50.4 Å². The zero-order valence-corrected chi connectivity index (χ0v) is 24.6. The molecule has 43 heavy (non-hydrogen) atoms. The molecule has 0 unspecified atom stereocenters. The minimum absolute atomic E-state index is 0.00331. The monoisotopic (exact) mass is 614 g/mol. The van der Waals surface area contributed by atoms with E-state index < -0.39 is 45.4 Å². The molecule has 0 radical (unpaired) electrons. The Morgan fingerprint density at radius 3 is 2.44 bits per heavy atom. The van der Waals surface area contributed by atoms with Crippen LogP contribution in [0.15, 0.2) is 59.5 Å². The summed E-state index contributed by atoms with van der Waals surface area (Å²) in [7, 11) is -3.74. The average molecular weight is 615 g/mol. The molecule has 4 rings (SSSR count). The number of nitrogens with two attached hydrogens (primary N) is 1. The summed E-state index contributed by atoms with van der Waals surface area (Å²) < 4.78 is 60.3. The van der Waals surface area contributed by atoms with Crippen molar-refractivity contribution in [1.82, 2.24) is 4.90 Å². The molecular formula is C30H32F2N4O6S. The van der Waals surface area contributed by atoms with Crippen LogP contribution in [-0.2, 0) is 19.4 Å². The third-order valence-electron chi connectivity index (χ3n) is 7.01. The summed E-state index contributed by atoms with van der Waals surface area (Å²) in [5, 5.41) is 5.49. The van der Waals surface area contributed by atoms with Gasteiger partial charge in [0, 0.05) is 31.0 Å². The zero-order valence-electron chi connectivity index (χ0n) is 23.8. The predicted molar refractivity (Wildman–Crippen MR) is 156 cm³/mol. The van der Waals surface area contributed by atoms with Gasteiger partial charge in [0.15, 0.2) is 21.4 Å². The topological polar surface area (TPSA) is 148 Å². The predicted octanol–water partition coefficient (Wildman–Crippen LogP) is 4.34. The Morgan fingerprint density at radius 1 is 1.07 bits per heavy atom. The smallest absolute Gasteiger partial charge is 0.250 e. The fourth-order valence-electron chi connectivity index (χ4n) is 5.15. The van der Waals surface area contributed by atoms with Crippen LogP contribution in [0.2, 0.25) is 0 Å². The van der Waals surface area contributed by atoms with Gasteiger partial charge in [0.05, 0.1) is 23.2 Å². The maximum absolute atomic E-state index is 15.0. The van der Waals surface area contributed by atoms with Gasteiger partial charge in [0.1, 0.15) is 11.9 Å². The standard InChI is InChI=1S/C30H32F2N4O6S/c1-4-42-26-15-18(7-11-23(26)32)28(35-24-14-19(29(33)38)8-10-22(24)31)30(39)36-13-5-6-25(36)21-16-20(34-17(2)37)9-12-27(21)43(3,40)41/h7-12,14-16,25,28,35H,4-6,13H2,1-3H3,(H2,33,38)(H,34,37)/t25-,28-/m1/s1. The van der Waals surface area contributed by atoms with E-state index in [1.54, 1.807) is 6.92 Å². The number of primary amides is 1. The maximum Gasteiger partial charge on any atom is 0.250 e. The van der Waals surface area contributed by atoms with E-state index in [0.29, 0.717) is 24.1 Å². The molecule has 0 aromatic heterocycles. The minimum Gasteiger partial charge on any atom is -0.491 e. The average Bonchev–Trinajstić information content (AvgIpc) is 3.42. The molecule has 0 bridgehead atoms. The number of hydrogen-bond acceptors (Lipinski definition) is 7. The molecule has 4 N–H and O–H groups in total. The first-order chi connectivity index (χ1) is 20.3. The Labute approximate surface area is 248 Å². The molecular weight excluding hydrogens is 582 g/mol. The van der Waals surface area contributed by atoms with Crippen molar-refractivity contribution in [3.63, 3.8) is 0 Å². The third-order valence-corrected chi connectivity index (χ3v) is 8.18. The molecule has 1 saturated heterocycles. The highest BCUT2D eigenvalue weighted by atomic mass is 32.2. The number of nitrogens with zero attached hydrogens (tertiary/aromatic N) is 1. The number of amides is 3. The molecule has 13 heteroatoms. The normalized spacial score (nSPS) is 15.6. The number of hydrogen-bond donors (Lipinski definition) is 3. The number of carbonyl (C=O) groups is 3. The molecule has 1 fully saturated rings. The number of nitrogens with one attached hydrogen (secondary N) is 2. The van der Waals surface area contributed by atoms with E-state index in [1.807, 2.05) is 0 Å². The van der Waals surface area contributed by atoms with Crippen LogP contribution in [0.1, 0.15) is 60.3 Å². The van der Waals surface area contributed by atoms with Crippen LogP contribution < -0.4 is 21.1 Å². The van der Waals surface area contributed by atoms with Crippen molar-refractivity contribution < 1.29 is 36.3 Å². The van der Waals surface area contributed by atoms with Crippen molar-refractivity contribution >= 4 is 38.9 Å². The van der Waals surface area contributed by atoms with Gasteiger partial charge >= 0.3 is 0 Å². The second-order valence-corrected chi connectivity index (χ2v) is 12.1. The number of carbonyl (C=O) groups excluding carboxylic acids is 3. The van der Waals surface area contributed by atoms with Gasteiger partial charge in [-0.25, -0.2) is 17.2 Å². The van der Waals surface area contributed by atoms with Crippen LogP contribution in [0.25, 0.3) is 0 Å². The molecule has 0 spiro atoms. The molecule has 1 aliphatic heterocycles. The SMILES string of the molecule is CCOc1cc([C@@H](Nc2cc(C(N)=O)ccc2F)C(=O)N2CCC[C@@H]2c2cc(NC(C)=O)ccc2S(C)(=O)=O)ccc1F. The Hall–Kier alpha value is -4.52. The van der Waals surface area contributed by atoms with Crippen molar-refractivity contribution in [2.24, 2.45) is 5.73 Å². The fourth-order valence-corrected chi connectivity index (χ4v) is 6.08. The van der Waals surface area contributed by atoms with E-state index in [1.165, 1.54) is 54.3 Å². The molecule has 1 aliphatic rings. The molecule has 3 aromatic carbocycles. The zero-order chi connectivity index (χ0) is 31.5. The number of rotatable bonds is 10. The van der Waals surface area contributed by atoms with Crippen LogP contribution in [0.3, 0.4) is 0 Å². The van der Waals surface area contributed by atoms with Gasteiger partial charge in [-0.1, -0.05) is 6.07 Å². The Balaban J connectivity index is 1.82. The summed E-state index contributed by atoms with van der Waals surface area (Å²) in [5.74, 6) is -3.28. The molecule has 0 saturated carbocycles. The highest BCUT2D eigenvalue weighted by molar-refractivity contribution is 7.90. The third kappa shape index (κ3) is 7.11. The summed E-state index contributed by atoms with van der Waals surface area (Å²) in [6.07, 6.45) is 1.98. The Morgan fingerprint density at radius 2 is 1.79 bits per heavy atom. The first-order valence-electron chi connectivity index (χ1n) is 13.5. The number of likely N-dealkylation sites (tertiary alicyclic amines) is 1. The molecule has 2 atom stereocenters. The summed E-state index contributed by atoms with van der Waals surface area (Å²) >= 11 is 0. The Kier molecular flexibility index (Phi) is 9.34. The van der Waals surface area contributed by atoms with Gasteiger partial charge in [-0.15, -0.1) is 0 Å². The Bertz CT molecular complexity index is 1680. The van der Waals surface area contributed by atoms with Crippen LogP contribution in [0.5, 0.6) is 5.75 Å². The van der Waals surface area contributed by atoms with Crippen molar-refractivity contribution in [3.8, 4) is 5.75 Å². The van der Waals surface area contributed by atoms with Crippen molar-refractivity contribution in [3.05, 3.63) is 82.9 Å². The van der Waals surface area contributed by atoms with Gasteiger partial charge in [0.25, 0.3) is 0 Å². The minimum atomic E-state index is -3.74. The second kappa shape index (κ2) is 12.8. The first kappa shape index (κ1) is 31.4. The maximum atomic E-state index is 15.0. The summed E-state index contributed by atoms with van der Waals surface area (Å²) in [6.45, 7) is 3.37. The van der Waals surface area contributed by atoms with Crippen LogP contribution in [0, 0.1) is 11.6 Å². The van der Waals surface area contributed by atoms with E-state index in [-0.39, 0.29) is 46.5 Å². The first-order valence-corrected chi connectivity index (χ1v) is 15.4. The van der Waals surface area contributed by atoms with Gasteiger partial charge in [-0.2, -0.15) is 0 Å². The van der Waals surface area contributed by atoms with Gasteiger partial charge < -0.3 is 26.0 Å². The van der Waals surface area contributed by atoms with Crippen LogP contribution >= 0.6 is 0 Å². The van der Waals surface area contributed by atoms with E-state index in [9.17, 15) is 31.6 Å². The lowest BCUT2D eigenvalue weighted by Crippen LogP contribution is -2.38. The molecule has 0 aliphatic carbocycles. The fraction of sp³-hybridized carbons (Fsp3) is 0.300. The summed E-state index contributed by atoms with van der Waals surface area (Å²) in [6, 6.07) is 9.56. The molecule has 3 amide bonds. The summed E-state index contributed by atoms with van der Waals surface area (Å²) in [5.41, 5.74) is 6.08. The van der Waals surface area contributed by atoms with Gasteiger partial charge in [-0.05, 0) is 79.4 Å². The highest BCUT2D eigenvalue weighted by Crippen LogP contribution is 2.39. The number of anilines is 2. The van der Waals surface area contributed by atoms with Crippen LogP contribution in [0.4, 0.5) is 20.2 Å². The number of ether oxygens (including phenoxy) is 1. The molecule has 1 heterocycles. The lowest BCUT2D eigenvalue weighted by atomic mass is 10.0. The van der Waals surface area contributed by atoms with E-state index in [0.717, 1.165) is 18.4 Å². The van der Waals surface area contributed by atoms with Crippen molar-refractivity contribution in [2.75, 3.05) is 30.0 Å². The largest absolute Gasteiger partial charge is 0.491 e. The number of halogens is 2. The quantitative estimate of drug-likeness (QED) is 0.308.